The van der Waals surface area contributed by atoms with E-state index < -0.39 is 28.9 Å². The number of ether oxygens (including phenoxy) is 2. The van der Waals surface area contributed by atoms with Crippen LogP contribution in [0.25, 0.3) is 0 Å². The number of nitrogens with zero attached hydrogens (tertiary/aromatic N) is 2. The van der Waals surface area contributed by atoms with Crippen LogP contribution < -0.4 is 20.7 Å². The molecule has 0 spiro atoms. The van der Waals surface area contributed by atoms with Crippen molar-refractivity contribution in [1.29, 1.82) is 0 Å². The van der Waals surface area contributed by atoms with Gasteiger partial charge in [0.2, 0.25) is 17.7 Å². The van der Waals surface area contributed by atoms with Crippen LogP contribution in [-0.2, 0) is 35.3 Å². The molecular weight excluding hydrogens is 638 g/mol. The molecular formula is C34H33N5O10. The molecule has 49 heavy (non-hydrogen) atoms. The van der Waals surface area contributed by atoms with E-state index >= 15 is 0 Å². The van der Waals surface area contributed by atoms with E-state index in [1.807, 2.05) is 0 Å². The van der Waals surface area contributed by atoms with E-state index in [4.69, 9.17) is 9.47 Å². The van der Waals surface area contributed by atoms with Gasteiger partial charge in [-0.3, -0.25) is 39.0 Å². The van der Waals surface area contributed by atoms with Gasteiger partial charge in [-0.2, -0.15) is 0 Å². The van der Waals surface area contributed by atoms with Crippen LogP contribution >= 0.6 is 0 Å². The van der Waals surface area contributed by atoms with Gasteiger partial charge in [0.15, 0.2) is 0 Å². The molecule has 1 aliphatic rings. The van der Waals surface area contributed by atoms with Crippen LogP contribution in [0.5, 0.6) is 5.75 Å². The molecule has 15 heteroatoms. The Bertz CT molecular complexity index is 1690. The van der Waals surface area contributed by atoms with E-state index in [2.05, 4.69) is 16.0 Å². The summed E-state index contributed by atoms with van der Waals surface area (Å²) in [5.41, 5.74) is 1.38. The van der Waals surface area contributed by atoms with Crippen LogP contribution in [0.1, 0.15) is 42.9 Å². The number of nitro groups is 1. The van der Waals surface area contributed by atoms with Gasteiger partial charge in [0, 0.05) is 42.9 Å². The molecule has 5 amide bonds. The minimum atomic E-state index is -1.04. The van der Waals surface area contributed by atoms with Crippen LogP contribution in [0, 0.1) is 10.1 Å². The van der Waals surface area contributed by atoms with E-state index in [-0.39, 0.29) is 55.3 Å². The lowest BCUT2D eigenvalue weighted by molar-refractivity contribution is -0.384. The number of anilines is 1. The third-order valence-electron chi connectivity index (χ3n) is 7.15. The zero-order valence-corrected chi connectivity index (χ0v) is 26.2. The maximum Gasteiger partial charge on any atom is 0.514 e. The minimum absolute atomic E-state index is 0.0797. The Hall–Kier alpha value is -6.38. The molecule has 0 saturated carbocycles. The Labute approximate surface area is 280 Å². The molecule has 1 heterocycles. The molecule has 3 aromatic rings. The summed E-state index contributed by atoms with van der Waals surface area (Å²) in [6.45, 7) is -0.243. The van der Waals surface area contributed by atoms with Gasteiger partial charge in [-0.15, -0.1) is 0 Å². The van der Waals surface area contributed by atoms with Crippen molar-refractivity contribution in [3.63, 3.8) is 0 Å². The Morgan fingerprint density at radius 1 is 0.816 bits per heavy atom. The van der Waals surface area contributed by atoms with Crippen molar-refractivity contribution >= 4 is 47.1 Å². The molecule has 3 N–H and O–H groups in total. The van der Waals surface area contributed by atoms with Crippen molar-refractivity contribution in [2.75, 3.05) is 18.4 Å². The first kappa shape index (κ1) is 35.5. The van der Waals surface area contributed by atoms with Crippen LogP contribution in [0.4, 0.5) is 16.2 Å². The molecule has 0 aromatic heterocycles. The highest BCUT2D eigenvalue weighted by atomic mass is 16.7. The van der Waals surface area contributed by atoms with Crippen molar-refractivity contribution in [2.24, 2.45) is 0 Å². The predicted molar refractivity (Wildman–Crippen MR) is 174 cm³/mol. The molecule has 0 aliphatic carbocycles. The van der Waals surface area contributed by atoms with Gasteiger partial charge in [0.1, 0.15) is 18.4 Å². The largest absolute Gasteiger partial charge is 0.514 e. The van der Waals surface area contributed by atoms with Gasteiger partial charge in [0.25, 0.3) is 17.5 Å². The fraction of sp³-hybridized carbons (Fsp3) is 0.235. The second-order valence-corrected chi connectivity index (χ2v) is 10.7. The number of nitro benzene ring substituents is 1. The average Bonchev–Trinajstić information content (AvgIpc) is 3.42. The summed E-state index contributed by atoms with van der Waals surface area (Å²) in [6, 6.07) is 18.8. The number of carbonyl (C=O) groups is 6. The number of rotatable bonds is 16. The van der Waals surface area contributed by atoms with Gasteiger partial charge in [0.05, 0.1) is 11.5 Å². The molecule has 254 valence electrons. The number of amides is 5. The number of unbranched alkanes of at least 4 members (excludes halogenated alkanes) is 2. The summed E-state index contributed by atoms with van der Waals surface area (Å²) >= 11 is 0. The van der Waals surface area contributed by atoms with Crippen LogP contribution in [-0.4, -0.2) is 58.6 Å². The summed E-state index contributed by atoms with van der Waals surface area (Å²) in [5.74, 6) is -2.09. The van der Waals surface area contributed by atoms with Gasteiger partial charge >= 0.3 is 6.16 Å². The molecule has 0 unspecified atom stereocenters. The normalized spacial score (nSPS) is 12.6. The lowest BCUT2D eigenvalue weighted by Crippen LogP contribution is -2.42. The van der Waals surface area contributed by atoms with Crippen LogP contribution in [0.15, 0.2) is 91.0 Å². The van der Waals surface area contributed by atoms with Crippen molar-refractivity contribution < 1.29 is 43.2 Å². The van der Waals surface area contributed by atoms with Gasteiger partial charge in [-0.05, 0) is 48.2 Å². The third-order valence-corrected chi connectivity index (χ3v) is 7.15. The Morgan fingerprint density at radius 3 is 2.14 bits per heavy atom. The number of carbonyl (C=O) groups excluding carboxylic acids is 6. The zero-order chi connectivity index (χ0) is 35.2. The fourth-order valence-electron chi connectivity index (χ4n) is 4.63. The first-order valence-corrected chi connectivity index (χ1v) is 15.2. The molecule has 1 aliphatic heterocycles. The zero-order valence-electron chi connectivity index (χ0n) is 26.2. The maximum atomic E-state index is 13.1. The van der Waals surface area contributed by atoms with Gasteiger partial charge in [-0.1, -0.05) is 48.9 Å². The topological polar surface area (TPSA) is 203 Å². The number of nitrogens with one attached hydrogen (secondary N) is 3. The van der Waals surface area contributed by atoms with Gasteiger partial charge in [-0.25, -0.2) is 4.79 Å². The highest BCUT2D eigenvalue weighted by Gasteiger charge is 2.24. The molecule has 1 atom stereocenters. The van der Waals surface area contributed by atoms with E-state index in [0.29, 0.717) is 36.1 Å². The highest BCUT2D eigenvalue weighted by Crippen LogP contribution is 2.19. The van der Waals surface area contributed by atoms with Gasteiger partial charge < -0.3 is 25.4 Å². The number of benzene rings is 3. The van der Waals surface area contributed by atoms with Crippen molar-refractivity contribution in [3.8, 4) is 5.75 Å². The summed E-state index contributed by atoms with van der Waals surface area (Å²) < 4.78 is 10.0. The summed E-state index contributed by atoms with van der Waals surface area (Å²) in [4.78, 5) is 84.9. The number of imide groups is 1. The minimum Gasteiger partial charge on any atom is -0.429 e. The average molecular weight is 672 g/mol. The van der Waals surface area contributed by atoms with Crippen molar-refractivity contribution in [3.05, 3.63) is 112 Å². The van der Waals surface area contributed by atoms with Crippen LogP contribution in [0.3, 0.4) is 0 Å². The maximum absolute atomic E-state index is 13.1. The van der Waals surface area contributed by atoms with Crippen molar-refractivity contribution in [1.82, 2.24) is 15.5 Å². The quantitative estimate of drug-likeness (QED) is 0.0503. The van der Waals surface area contributed by atoms with Crippen molar-refractivity contribution in [2.45, 2.75) is 38.3 Å². The molecule has 3 aromatic carbocycles. The molecule has 4 rings (SSSR count). The summed E-state index contributed by atoms with van der Waals surface area (Å²) in [7, 11) is 0. The Kier molecular flexibility index (Phi) is 12.7. The fourth-order valence-corrected chi connectivity index (χ4v) is 4.63. The lowest BCUT2D eigenvalue weighted by atomic mass is 10.1. The predicted octanol–water partition coefficient (Wildman–Crippen LogP) is 3.71. The first-order valence-electron chi connectivity index (χ1n) is 15.2. The standard InChI is InChI=1S/C34H33N5O10/c40-28(9-5-2-6-20-38-30(42)18-19-31(38)43)37-32(24-7-3-1-4-8-24)33(44)35-21-29(41)36-25-12-10-23(11-13-25)22-48-34(45)49-27-16-14-26(15-17-27)39(46)47/h1,3-4,7-8,10-19,32H,2,5-6,9,20-22H2,(H,35,44)(H,36,41)(H,37,40)/t32-/m0/s1. The molecule has 0 bridgehead atoms. The molecule has 0 fully saturated rings. The number of hydrogen-bond donors (Lipinski definition) is 3. The second-order valence-electron chi connectivity index (χ2n) is 10.7. The summed E-state index contributed by atoms with van der Waals surface area (Å²) in [6.07, 6.45) is 3.19. The Morgan fingerprint density at radius 2 is 1.49 bits per heavy atom. The highest BCUT2D eigenvalue weighted by molar-refractivity contribution is 6.12. The Balaban J connectivity index is 1.19. The van der Waals surface area contributed by atoms with E-state index in [1.165, 1.54) is 36.4 Å². The monoisotopic (exact) mass is 671 g/mol. The SMILES string of the molecule is O=C(CNC(=O)[C@@H](NC(=O)CCCCCN1C(=O)C=CC1=O)c1ccccc1)Nc1ccc(COC(=O)Oc2ccc([N+](=O)[O-])cc2)cc1. The van der Waals surface area contributed by atoms with E-state index in [9.17, 15) is 38.9 Å². The second kappa shape index (κ2) is 17.5. The number of non-ortho nitro benzene ring substituents is 1. The van der Waals surface area contributed by atoms with Crippen LogP contribution in [0.2, 0.25) is 0 Å². The van der Waals surface area contributed by atoms with E-state index in [0.717, 1.165) is 4.90 Å². The molecule has 15 nitrogen and oxygen atoms in total. The first-order chi connectivity index (χ1) is 23.6. The third kappa shape index (κ3) is 11.1. The molecule has 0 saturated heterocycles. The smallest absolute Gasteiger partial charge is 0.429 e. The lowest BCUT2D eigenvalue weighted by Gasteiger charge is -2.19. The molecule has 0 radical (unpaired) electrons. The van der Waals surface area contributed by atoms with E-state index in [1.54, 1.807) is 54.6 Å². The summed E-state index contributed by atoms with van der Waals surface area (Å²) in [5, 5.41) is 18.6. The number of hydrogen-bond acceptors (Lipinski definition) is 10.